The first-order valence-corrected chi connectivity index (χ1v) is 4.95. The Kier molecular flexibility index (Phi) is 8.57. The van der Waals surface area contributed by atoms with Crippen LogP contribution in [0.1, 0.15) is 19.3 Å². The number of carbonyl (C=O) groups is 1. The Morgan fingerprint density at radius 1 is 1.21 bits per heavy atom. The molecule has 0 aromatic carbocycles. The fourth-order valence-corrected chi connectivity index (χ4v) is 1.19. The van der Waals surface area contributed by atoms with Crippen LogP contribution in [-0.2, 0) is 14.3 Å². The number of carbonyl (C=O) groups excluding carboxylic acids is 1. The Morgan fingerprint density at radius 2 is 1.86 bits per heavy atom. The minimum absolute atomic E-state index is 0.129. The predicted octanol–water partition coefficient (Wildman–Crippen LogP) is 0.908. The van der Waals surface area contributed by atoms with Crippen LogP contribution < -0.4 is 0 Å². The molecule has 0 aromatic rings. The average molecular weight is 203 g/mol. The van der Waals surface area contributed by atoms with E-state index < -0.39 is 0 Å². The summed E-state index contributed by atoms with van der Waals surface area (Å²) in [5, 5.41) is 0. The zero-order chi connectivity index (χ0) is 10.8. The van der Waals surface area contributed by atoms with Gasteiger partial charge in [-0.15, -0.1) is 0 Å². The summed E-state index contributed by atoms with van der Waals surface area (Å²) in [5.74, 6) is -0.129. The van der Waals surface area contributed by atoms with E-state index in [9.17, 15) is 4.79 Å². The second-order valence-corrected chi connectivity index (χ2v) is 3.33. The zero-order valence-electron chi connectivity index (χ0n) is 9.41. The molecule has 0 spiro atoms. The normalized spacial score (nSPS) is 10.6. The Bertz CT molecular complexity index is 150. The minimum atomic E-state index is -0.129. The largest absolute Gasteiger partial charge is 0.469 e. The molecule has 0 aliphatic heterocycles. The van der Waals surface area contributed by atoms with Crippen molar-refractivity contribution in [3.8, 4) is 0 Å². The summed E-state index contributed by atoms with van der Waals surface area (Å²) in [6.07, 6.45) is 2.40. The molecule has 84 valence electrons. The maximum atomic E-state index is 10.8. The van der Waals surface area contributed by atoms with Crippen LogP contribution in [0.4, 0.5) is 0 Å². The van der Waals surface area contributed by atoms with Gasteiger partial charge in [0.1, 0.15) is 0 Å². The third kappa shape index (κ3) is 8.01. The molecule has 0 saturated carbocycles. The van der Waals surface area contributed by atoms with Crippen LogP contribution in [0, 0.1) is 0 Å². The maximum absolute atomic E-state index is 10.8. The molecule has 4 nitrogen and oxygen atoms in total. The van der Waals surface area contributed by atoms with E-state index in [1.807, 2.05) is 7.05 Å². The van der Waals surface area contributed by atoms with E-state index in [1.54, 1.807) is 7.11 Å². The van der Waals surface area contributed by atoms with E-state index in [4.69, 9.17) is 4.74 Å². The zero-order valence-corrected chi connectivity index (χ0v) is 9.41. The summed E-state index contributed by atoms with van der Waals surface area (Å²) in [7, 11) is 5.18. The number of hydrogen-bond acceptors (Lipinski definition) is 4. The molecule has 0 radical (unpaired) electrons. The van der Waals surface area contributed by atoms with Crippen LogP contribution in [0.15, 0.2) is 0 Å². The number of rotatable bonds is 8. The van der Waals surface area contributed by atoms with E-state index in [0.717, 1.165) is 32.5 Å². The highest BCUT2D eigenvalue weighted by atomic mass is 16.5. The summed E-state index contributed by atoms with van der Waals surface area (Å²) in [6.45, 7) is 2.73. The summed E-state index contributed by atoms with van der Waals surface area (Å²) < 4.78 is 9.50. The molecule has 14 heavy (non-hydrogen) atoms. The molecule has 0 rings (SSSR count). The minimum Gasteiger partial charge on any atom is -0.469 e. The smallest absolute Gasteiger partial charge is 0.305 e. The second kappa shape index (κ2) is 8.97. The lowest BCUT2D eigenvalue weighted by molar-refractivity contribution is -0.140. The highest BCUT2D eigenvalue weighted by Gasteiger charge is 2.02. The third-order valence-corrected chi connectivity index (χ3v) is 2.04. The predicted molar refractivity (Wildman–Crippen MR) is 55.2 cm³/mol. The van der Waals surface area contributed by atoms with Crippen LogP contribution in [0.2, 0.25) is 0 Å². The maximum Gasteiger partial charge on any atom is 0.305 e. The van der Waals surface area contributed by atoms with Crippen LogP contribution in [0.25, 0.3) is 0 Å². The molecular formula is C10H21NO3. The quantitative estimate of drug-likeness (QED) is 0.434. The Hall–Kier alpha value is -0.610. The first-order valence-electron chi connectivity index (χ1n) is 4.95. The van der Waals surface area contributed by atoms with Crippen molar-refractivity contribution in [3.05, 3.63) is 0 Å². The van der Waals surface area contributed by atoms with Gasteiger partial charge in [0.05, 0.1) is 7.11 Å². The van der Waals surface area contributed by atoms with E-state index in [-0.39, 0.29) is 5.97 Å². The topological polar surface area (TPSA) is 38.8 Å². The SMILES string of the molecule is COCCCN(C)CCCC(=O)OC. The molecule has 0 aliphatic carbocycles. The average Bonchev–Trinajstić information content (AvgIpc) is 2.18. The van der Waals surface area contributed by atoms with Crippen molar-refractivity contribution >= 4 is 5.97 Å². The van der Waals surface area contributed by atoms with Gasteiger partial charge in [0.25, 0.3) is 0 Å². The summed E-state index contributed by atoms with van der Waals surface area (Å²) >= 11 is 0. The van der Waals surface area contributed by atoms with Crippen molar-refractivity contribution in [2.24, 2.45) is 0 Å². The molecule has 0 amide bonds. The summed E-state index contributed by atoms with van der Waals surface area (Å²) in [6, 6.07) is 0. The Labute approximate surface area is 86.2 Å². The van der Waals surface area contributed by atoms with Gasteiger partial charge in [-0.25, -0.2) is 0 Å². The van der Waals surface area contributed by atoms with Gasteiger partial charge >= 0.3 is 5.97 Å². The number of hydrogen-bond donors (Lipinski definition) is 0. The Morgan fingerprint density at radius 3 is 2.43 bits per heavy atom. The van der Waals surface area contributed by atoms with Crippen molar-refractivity contribution in [1.29, 1.82) is 0 Å². The van der Waals surface area contributed by atoms with Gasteiger partial charge in [-0.2, -0.15) is 0 Å². The molecule has 0 unspecified atom stereocenters. The van der Waals surface area contributed by atoms with E-state index in [0.29, 0.717) is 6.42 Å². The van der Waals surface area contributed by atoms with Gasteiger partial charge in [-0.3, -0.25) is 4.79 Å². The van der Waals surface area contributed by atoms with Crippen LogP contribution in [0.3, 0.4) is 0 Å². The molecule has 0 fully saturated rings. The van der Waals surface area contributed by atoms with Gasteiger partial charge in [0.2, 0.25) is 0 Å². The molecule has 0 aliphatic rings. The number of methoxy groups -OCH3 is 2. The molecule has 0 bridgehead atoms. The molecule has 0 heterocycles. The van der Waals surface area contributed by atoms with E-state index in [2.05, 4.69) is 9.64 Å². The first-order chi connectivity index (χ1) is 6.70. The highest BCUT2D eigenvalue weighted by molar-refractivity contribution is 5.68. The lowest BCUT2D eigenvalue weighted by Gasteiger charge is -2.15. The monoisotopic (exact) mass is 203 g/mol. The van der Waals surface area contributed by atoms with Crippen LogP contribution in [-0.4, -0.2) is 51.8 Å². The molecule has 0 atom stereocenters. The van der Waals surface area contributed by atoms with Gasteiger partial charge in [-0.1, -0.05) is 0 Å². The van der Waals surface area contributed by atoms with Gasteiger partial charge in [-0.05, 0) is 26.4 Å². The lowest BCUT2D eigenvalue weighted by Crippen LogP contribution is -2.22. The third-order valence-electron chi connectivity index (χ3n) is 2.04. The molecule has 0 N–H and O–H groups in total. The first kappa shape index (κ1) is 13.4. The number of ether oxygens (including phenoxy) is 2. The fourth-order valence-electron chi connectivity index (χ4n) is 1.19. The Balaban J connectivity index is 3.26. The highest BCUT2D eigenvalue weighted by Crippen LogP contribution is 1.96. The summed E-state index contributed by atoms with van der Waals surface area (Å²) in [5.41, 5.74) is 0. The number of nitrogens with zero attached hydrogens (tertiary/aromatic N) is 1. The van der Waals surface area contributed by atoms with Gasteiger partial charge in [0, 0.05) is 26.7 Å². The van der Waals surface area contributed by atoms with Crippen LogP contribution >= 0.6 is 0 Å². The van der Waals surface area contributed by atoms with E-state index in [1.165, 1.54) is 7.11 Å². The second-order valence-electron chi connectivity index (χ2n) is 3.33. The molecular weight excluding hydrogens is 182 g/mol. The standard InChI is InChI=1S/C10H21NO3/c1-11(8-5-9-13-2)7-4-6-10(12)14-3/h4-9H2,1-3H3. The van der Waals surface area contributed by atoms with Gasteiger partial charge < -0.3 is 14.4 Å². The molecule has 0 saturated heterocycles. The molecule has 4 heteroatoms. The van der Waals surface area contributed by atoms with Crippen molar-refractivity contribution in [1.82, 2.24) is 4.90 Å². The number of esters is 1. The van der Waals surface area contributed by atoms with Crippen molar-refractivity contribution in [2.45, 2.75) is 19.3 Å². The summed E-state index contributed by atoms with van der Waals surface area (Å²) in [4.78, 5) is 13.0. The van der Waals surface area contributed by atoms with Gasteiger partial charge in [0.15, 0.2) is 0 Å². The van der Waals surface area contributed by atoms with Crippen molar-refractivity contribution in [2.75, 3.05) is 41.0 Å². The van der Waals surface area contributed by atoms with E-state index >= 15 is 0 Å². The lowest BCUT2D eigenvalue weighted by atomic mass is 10.3. The van der Waals surface area contributed by atoms with Crippen molar-refractivity contribution < 1.29 is 14.3 Å². The van der Waals surface area contributed by atoms with Crippen molar-refractivity contribution in [3.63, 3.8) is 0 Å². The molecule has 0 aromatic heterocycles. The fraction of sp³-hybridized carbons (Fsp3) is 0.900. The van der Waals surface area contributed by atoms with Crippen LogP contribution in [0.5, 0.6) is 0 Å².